The van der Waals surface area contributed by atoms with Gasteiger partial charge >= 0.3 is 11.9 Å². The summed E-state index contributed by atoms with van der Waals surface area (Å²) in [5.41, 5.74) is -0.783. The van der Waals surface area contributed by atoms with Crippen molar-refractivity contribution in [3.05, 3.63) is 41.5 Å². The minimum Gasteiger partial charge on any atom is -0.508 e. The fourth-order valence-corrected chi connectivity index (χ4v) is 1.91. The van der Waals surface area contributed by atoms with E-state index in [9.17, 15) is 24.9 Å². The minimum atomic E-state index is -1.35. The molecule has 5 N–H and O–H groups in total. The molecule has 0 aliphatic carbocycles. The van der Waals surface area contributed by atoms with Crippen molar-refractivity contribution in [3.63, 3.8) is 0 Å². The van der Waals surface area contributed by atoms with Gasteiger partial charge in [0.05, 0.1) is 16.7 Å². The lowest BCUT2D eigenvalue weighted by Gasteiger charge is -2.10. The monoisotopic (exact) mass is 290 g/mol. The summed E-state index contributed by atoms with van der Waals surface area (Å²) in [4.78, 5) is 22.1. The van der Waals surface area contributed by atoms with Gasteiger partial charge in [0, 0.05) is 12.1 Å². The second kappa shape index (κ2) is 5.04. The second-order valence-corrected chi connectivity index (χ2v) is 4.27. The topological polar surface area (TPSA) is 135 Å². The van der Waals surface area contributed by atoms with Crippen molar-refractivity contribution >= 4 is 11.9 Å². The SMILES string of the molecule is O=C(O)c1cc(C(=O)O)cc(-c2c(O)cc(O)cc2O)c1. The number of hydrogen-bond acceptors (Lipinski definition) is 5. The molecule has 21 heavy (non-hydrogen) atoms. The summed E-state index contributed by atoms with van der Waals surface area (Å²) in [6.45, 7) is 0. The number of carbonyl (C=O) groups is 2. The molecular formula is C14H10O7. The molecule has 0 unspecified atom stereocenters. The largest absolute Gasteiger partial charge is 0.508 e. The zero-order valence-electron chi connectivity index (χ0n) is 10.4. The van der Waals surface area contributed by atoms with Crippen molar-refractivity contribution < 1.29 is 35.1 Å². The maximum Gasteiger partial charge on any atom is 0.335 e. The van der Waals surface area contributed by atoms with Crippen molar-refractivity contribution in [2.45, 2.75) is 0 Å². The molecule has 0 aliphatic heterocycles. The number of benzene rings is 2. The molecule has 7 nitrogen and oxygen atoms in total. The van der Waals surface area contributed by atoms with E-state index >= 15 is 0 Å². The number of aromatic carboxylic acids is 2. The van der Waals surface area contributed by atoms with Gasteiger partial charge in [-0.25, -0.2) is 9.59 Å². The highest BCUT2D eigenvalue weighted by molar-refractivity contribution is 5.97. The smallest absolute Gasteiger partial charge is 0.335 e. The van der Waals surface area contributed by atoms with E-state index in [-0.39, 0.29) is 28.0 Å². The van der Waals surface area contributed by atoms with Crippen LogP contribution in [0.5, 0.6) is 17.2 Å². The number of phenols is 3. The number of rotatable bonds is 3. The van der Waals surface area contributed by atoms with E-state index in [1.807, 2.05) is 0 Å². The van der Waals surface area contributed by atoms with Gasteiger partial charge in [0.2, 0.25) is 0 Å². The third-order valence-corrected chi connectivity index (χ3v) is 2.80. The van der Waals surface area contributed by atoms with Gasteiger partial charge in [-0.05, 0) is 23.8 Å². The first-order chi connectivity index (χ1) is 9.79. The van der Waals surface area contributed by atoms with Crippen LogP contribution in [0.3, 0.4) is 0 Å². The lowest BCUT2D eigenvalue weighted by molar-refractivity contribution is 0.0696. The number of phenolic OH excluding ortho intramolecular Hbond substituents is 3. The maximum absolute atomic E-state index is 11.0. The zero-order chi connectivity index (χ0) is 15.7. The van der Waals surface area contributed by atoms with Gasteiger partial charge in [-0.2, -0.15) is 0 Å². The number of aromatic hydroxyl groups is 3. The first-order valence-corrected chi connectivity index (χ1v) is 5.66. The fourth-order valence-electron chi connectivity index (χ4n) is 1.91. The van der Waals surface area contributed by atoms with Crippen LogP contribution in [0.1, 0.15) is 20.7 Å². The molecule has 2 aromatic carbocycles. The summed E-state index contributed by atoms with van der Waals surface area (Å²) in [6, 6.07) is 5.08. The van der Waals surface area contributed by atoms with E-state index in [0.29, 0.717) is 0 Å². The molecule has 0 aromatic heterocycles. The number of hydrogen-bond donors (Lipinski definition) is 5. The molecule has 0 bridgehead atoms. The molecule has 0 saturated carbocycles. The molecule has 0 heterocycles. The van der Waals surface area contributed by atoms with Crippen molar-refractivity contribution in [2.24, 2.45) is 0 Å². The van der Waals surface area contributed by atoms with E-state index in [0.717, 1.165) is 30.3 Å². The number of carboxylic acids is 2. The highest BCUT2D eigenvalue weighted by atomic mass is 16.4. The van der Waals surface area contributed by atoms with Crippen LogP contribution in [0, 0.1) is 0 Å². The van der Waals surface area contributed by atoms with E-state index in [2.05, 4.69) is 0 Å². The third kappa shape index (κ3) is 2.71. The Hall–Kier alpha value is -3.22. The van der Waals surface area contributed by atoms with Gasteiger partial charge < -0.3 is 25.5 Å². The third-order valence-electron chi connectivity index (χ3n) is 2.80. The summed E-state index contributed by atoms with van der Waals surface area (Å²) >= 11 is 0. The lowest BCUT2D eigenvalue weighted by atomic mass is 9.98. The van der Waals surface area contributed by atoms with Crippen LogP contribution < -0.4 is 0 Å². The van der Waals surface area contributed by atoms with Gasteiger partial charge in [-0.1, -0.05) is 0 Å². The molecule has 0 aliphatic rings. The van der Waals surface area contributed by atoms with Gasteiger partial charge in [0.15, 0.2) is 0 Å². The quantitative estimate of drug-likeness (QED) is 0.582. The highest BCUT2D eigenvalue weighted by Gasteiger charge is 2.17. The average Bonchev–Trinajstić information content (AvgIpc) is 2.36. The Morgan fingerprint density at radius 1 is 0.714 bits per heavy atom. The molecule has 7 heteroatoms. The Balaban J connectivity index is 2.75. The standard InChI is InChI=1S/C14H10O7/c15-9-4-10(16)12(11(17)5-9)6-1-7(13(18)19)3-8(2-6)14(20)21/h1-5,15-17H,(H,18,19)(H,20,21). The highest BCUT2D eigenvalue weighted by Crippen LogP contribution is 2.40. The van der Waals surface area contributed by atoms with Crippen LogP contribution in [0.4, 0.5) is 0 Å². The molecule has 0 fully saturated rings. The Morgan fingerprint density at radius 2 is 1.14 bits per heavy atom. The average molecular weight is 290 g/mol. The van der Waals surface area contributed by atoms with Crippen molar-refractivity contribution in [2.75, 3.05) is 0 Å². The van der Waals surface area contributed by atoms with Crippen molar-refractivity contribution in [3.8, 4) is 28.4 Å². The molecule has 0 atom stereocenters. The van der Waals surface area contributed by atoms with Crippen LogP contribution in [-0.4, -0.2) is 37.5 Å². The van der Waals surface area contributed by atoms with Crippen LogP contribution in [0.25, 0.3) is 11.1 Å². The van der Waals surface area contributed by atoms with Crippen LogP contribution in [-0.2, 0) is 0 Å². The Bertz CT molecular complexity index is 694. The summed E-state index contributed by atoms with van der Waals surface area (Å²) < 4.78 is 0. The van der Waals surface area contributed by atoms with Crippen molar-refractivity contribution in [1.29, 1.82) is 0 Å². The predicted octanol–water partition coefficient (Wildman–Crippen LogP) is 1.87. The molecule has 0 spiro atoms. The van der Waals surface area contributed by atoms with Gasteiger partial charge in [-0.3, -0.25) is 0 Å². The first-order valence-electron chi connectivity index (χ1n) is 5.66. The molecule has 0 radical (unpaired) electrons. The van der Waals surface area contributed by atoms with Gasteiger partial charge in [0.25, 0.3) is 0 Å². The second-order valence-electron chi connectivity index (χ2n) is 4.27. The summed E-state index contributed by atoms with van der Waals surface area (Å²) in [5.74, 6) is -4.10. The molecule has 0 amide bonds. The first kappa shape index (κ1) is 14.2. The van der Waals surface area contributed by atoms with Crippen LogP contribution in [0.2, 0.25) is 0 Å². The molecule has 0 saturated heterocycles. The molecule has 108 valence electrons. The Kier molecular flexibility index (Phi) is 3.41. The zero-order valence-corrected chi connectivity index (χ0v) is 10.4. The Morgan fingerprint density at radius 3 is 1.52 bits per heavy atom. The van der Waals surface area contributed by atoms with E-state index in [1.165, 1.54) is 0 Å². The van der Waals surface area contributed by atoms with Crippen LogP contribution >= 0.6 is 0 Å². The Labute approximate surface area is 118 Å². The van der Waals surface area contributed by atoms with Crippen LogP contribution in [0.15, 0.2) is 30.3 Å². The summed E-state index contributed by atoms with van der Waals surface area (Å²) in [6.07, 6.45) is 0. The van der Waals surface area contributed by atoms with Gasteiger partial charge in [0.1, 0.15) is 17.2 Å². The van der Waals surface area contributed by atoms with Crippen molar-refractivity contribution in [1.82, 2.24) is 0 Å². The molecular weight excluding hydrogens is 280 g/mol. The van der Waals surface area contributed by atoms with E-state index < -0.39 is 23.4 Å². The minimum absolute atomic E-state index is 0.00213. The van der Waals surface area contributed by atoms with E-state index in [1.54, 1.807) is 0 Å². The summed E-state index contributed by atoms with van der Waals surface area (Å²) in [7, 11) is 0. The lowest BCUT2D eigenvalue weighted by Crippen LogP contribution is -2.03. The fraction of sp³-hybridized carbons (Fsp3) is 0. The predicted molar refractivity (Wildman–Crippen MR) is 70.8 cm³/mol. The number of carboxylic acid groups (broad SMARTS) is 2. The molecule has 2 rings (SSSR count). The summed E-state index contributed by atoms with van der Waals surface area (Å²) in [5, 5.41) is 46.8. The van der Waals surface area contributed by atoms with E-state index in [4.69, 9.17) is 10.2 Å². The maximum atomic E-state index is 11.0. The van der Waals surface area contributed by atoms with Gasteiger partial charge in [-0.15, -0.1) is 0 Å². The molecule has 2 aromatic rings. The normalized spacial score (nSPS) is 10.3.